The highest BCUT2D eigenvalue weighted by Gasteiger charge is 2.15. The van der Waals surface area contributed by atoms with Crippen molar-refractivity contribution in [3.63, 3.8) is 0 Å². The molecule has 0 aromatic heterocycles. The van der Waals surface area contributed by atoms with E-state index in [0.29, 0.717) is 12.0 Å². The van der Waals surface area contributed by atoms with Crippen LogP contribution >= 0.6 is 0 Å². The normalized spacial score (nSPS) is 12.1. The molecule has 0 radical (unpaired) electrons. The van der Waals surface area contributed by atoms with Crippen LogP contribution in [0.3, 0.4) is 0 Å². The summed E-state index contributed by atoms with van der Waals surface area (Å²) in [5.41, 5.74) is 0.954. The summed E-state index contributed by atoms with van der Waals surface area (Å²) in [5, 5.41) is 26.4. The van der Waals surface area contributed by atoms with Gasteiger partial charge in [0, 0.05) is 6.42 Å². The van der Waals surface area contributed by atoms with Crippen LogP contribution in [0.1, 0.15) is 23.7 Å². The monoisotopic (exact) mass is 224 g/mol. The Balaban J connectivity index is 2.78. The Morgan fingerprint density at radius 1 is 1.25 bits per heavy atom. The summed E-state index contributed by atoms with van der Waals surface area (Å²) in [4.78, 5) is 20.9. The molecule has 3 N–H and O–H groups in total. The number of carboxylic acid groups (broad SMARTS) is 2. The number of rotatable bonds is 5. The van der Waals surface area contributed by atoms with E-state index in [4.69, 9.17) is 10.2 Å². The lowest BCUT2D eigenvalue weighted by Crippen LogP contribution is -2.10. The highest BCUT2D eigenvalue weighted by atomic mass is 16.4. The van der Waals surface area contributed by atoms with E-state index in [2.05, 4.69) is 0 Å². The summed E-state index contributed by atoms with van der Waals surface area (Å²) in [5.74, 6) is -2.24. The lowest BCUT2D eigenvalue weighted by molar-refractivity contribution is -0.147. The molecule has 0 saturated heterocycles. The predicted molar refractivity (Wildman–Crippen MR) is 55.0 cm³/mol. The van der Waals surface area contributed by atoms with E-state index >= 15 is 0 Å². The van der Waals surface area contributed by atoms with Gasteiger partial charge in [-0.25, -0.2) is 4.79 Å². The van der Waals surface area contributed by atoms with Crippen LogP contribution in [-0.4, -0.2) is 27.3 Å². The maximum atomic E-state index is 10.5. The van der Waals surface area contributed by atoms with Crippen molar-refractivity contribution in [2.45, 2.75) is 18.9 Å². The van der Waals surface area contributed by atoms with Gasteiger partial charge in [0.1, 0.15) is 0 Å². The molecule has 0 bridgehead atoms. The van der Waals surface area contributed by atoms with Gasteiger partial charge in [-0.1, -0.05) is 24.3 Å². The zero-order valence-electron chi connectivity index (χ0n) is 8.46. The Kier molecular flexibility index (Phi) is 4.02. The van der Waals surface area contributed by atoms with Gasteiger partial charge in [0.2, 0.25) is 0 Å². The lowest BCUT2D eigenvalue weighted by atomic mass is 10.0. The zero-order chi connectivity index (χ0) is 12.1. The molecule has 5 heteroatoms. The maximum Gasteiger partial charge on any atom is 0.337 e. The van der Waals surface area contributed by atoms with Crippen molar-refractivity contribution >= 4 is 11.9 Å². The molecule has 5 nitrogen and oxygen atoms in total. The number of aryl methyl sites for hydroxylation is 1. The molecule has 0 heterocycles. The highest BCUT2D eigenvalue weighted by molar-refractivity contribution is 5.74. The minimum atomic E-state index is -1.57. The minimum Gasteiger partial charge on any atom is -0.481 e. The van der Waals surface area contributed by atoms with Crippen LogP contribution in [0, 0.1) is 0 Å². The van der Waals surface area contributed by atoms with Crippen LogP contribution in [-0.2, 0) is 16.0 Å². The van der Waals surface area contributed by atoms with Gasteiger partial charge >= 0.3 is 11.9 Å². The van der Waals surface area contributed by atoms with Crippen LogP contribution in [0.4, 0.5) is 0 Å². The van der Waals surface area contributed by atoms with Crippen LogP contribution in [0.5, 0.6) is 0 Å². The molecule has 16 heavy (non-hydrogen) atoms. The van der Waals surface area contributed by atoms with E-state index in [1.54, 1.807) is 12.1 Å². The van der Waals surface area contributed by atoms with E-state index in [-0.39, 0.29) is 12.0 Å². The van der Waals surface area contributed by atoms with E-state index < -0.39 is 18.0 Å². The molecular formula is C11H12O5. The minimum absolute atomic E-state index is 0.0212. The SMILES string of the molecule is O=C(O)CCc1cccc(C(O)C(=O)O)c1. The summed E-state index contributed by atoms with van der Waals surface area (Å²) < 4.78 is 0. The Bertz CT molecular complexity index is 399. The highest BCUT2D eigenvalue weighted by Crippen LogP contribution is 2.15. The Hall–Kier alpha value is -1.88. The van der Waals surface area contributed by atoms with E-state index in [1.807, 2.05) is 0 Å². The average molecular weight is 224 g/mol. The van der Waals surface area contributed by atoms with Gasteiger partial charge in [-0.3, -0.25) is 4.79 Å². The second kappa shape index (κ2) is 5.27. The number of aliphatic hydroxyl groups excluding tert-OH is 1. The molecule has 0 spiro atoms. The summed E-state index contributed by atoms with van der Waals surface area (Å²) in [6.45, 7) is 0. The van der Waals surface area contributed by atoms with Gasteiger partial charge in [-0.2, -0.15) is 0 Å². The molecule has 86 valence electrons. The lowest BCUT2D eigenvalue weighted by Gasteiger charge is -2.07. The fourth-order valence-corrected chi connectivity index (χ4v) is 1.31. The van der Waals surface area contributed by atoms with Crippen molar-refractivity contribution < 1.29 is 24.9 Å². The molecule has 1 unspecified atom stereocenters. The molecule has 0 aliphatic rings. The van der Waals surface area contributed by atoms with Crippen molar-refractivity contribution in [3.8, 4) is 0 Å². The first kappa shape index (κ1) is 12.2. The average Bonchev–Trinajstić information content (AvgIpc) is 2.25. The number of carboxylic acids is 2. The Labute approximate surface area is 92.0 Å². The standard InChI is InChI=1S/C11H12O5/c12-9(13)5-4-7-2-1-3-8(6-7)10(14)11(15)16/h1-3,6,10,14H,4-5H2,(H,12,13)(H,15,16). The van der Waals surface area contributed by atoms with Crippen LogP contribution in [0.2, 0.25) is 0 Å². The Morgan fingerprint density at radius 2 is 1.94 bits per heavy atom. The number of aliphatic hydroxyl groups is 1. The quantitative estimate of drug-likeness (QED) is 0.688. The van der Waals surface area contributed by atoms with Crippen LogP contribution in [0.15, 0.2) is 24.3 Å². The third kappa shape index (κ3) is 3.36. The third-order valence-corrected chi connectivity index (χ3v) is 2.13. The van der Waals surface area contributed by atoms with Crippen molar-refractivity contribution in [1.82, 2.24) is 0 Å². The number of carbonyl (C=O) groups is 2. The van der Waals surface area contributed by atoms with E-state index in [0.717, 1.165) is 0 Å². The van der Waals surface area contributed by atoms with E-state index in [9.17, 15) is 14.7 Å². The molecule has 1 atom stereocenters. The number of hydrogen-bond donors (Lipinski definition) is 3. The van der Waals surface area contributed by atoms with Crippen LogP contribution < -0.4 is 0 Å². The molecule has 0 aliphatic carbocycles. The molecule has 0 fully saturated rings. The second-order valence-electron chi connectivity index (χ2n) is 3.38. The van der Waals surface area contributed by atoms with Crippen molar-refractivity contribution in [2.24, 2.45) is 0 Å². The molecule has 0 aliphatic heterocycles. The topological polar surface area (TPSA) is 94.8 Å². The van der Waals surface area contributed by atoms with Gasteiger partial charge in [-0.15, -0.1) is 0 Å². The van der Waals surface area contributed by atoms with Crippen molar-refractivity contribution in [1.29, 1.82) is 0 Å². The summed E-state index contributed by atoms with van der Waals surface area (Å²) in [6, 6.07) is 6.28. The first-order chi connectivity index (χ1) is 7.50. The van der Waals surface area contributed by atoms with Crippen LogP contribution in [0.25, 0.3) is 0 Å². The van der Waals surface area contributed by atoms with Crippen molar-refractivity contribution in [2.75, 3.05) is 0 Å². The first-order valence-corrected chi connectivity index (χ1v) is 4.72. The molecule has 1 aromatic rings. The predicted octanol–water partition coefficient (Wildman–Crippen LogP) is 0.822. The number of aliphatic carboxylic acids is 2. The van der Waals surface area contributed by atoms with Gasteiger partial charge < -0.3 is 15.3 Å². The zero-order valence-corrected chi connectivity index (χ0v) is 8.46. The van der Waals surface area contributed by atoms with Crippen molar-refractivity contribution in [3.05, 3.63) is 35.4 Å². The largest absolute Gasteiger partial charge is 0.481 e. The van der Waals surface area contributed by atoms with Gasteiger partial charge in [0.05, 0.1) is 0 Å². The molecule has 1 aromatic carbocycles. The molecular weight excluding hydrogens is 212 g/mol. The third-order valence-electron chi connectivity index (χ3n) is 2.13. The first-order valence-electron chi connectivity index (χ1n) is 4.72. The second-order valence-corrected chi connectivity index (χ2v) is 3.38. The van der Waals surface area contributed by atoms with Gasteiger partial charge in [0.25, 0.3) is 0 Å². The maximum absolute atomic E-state index is 10.5. The Morgan fingerprint density at radius 3 is 2.50 bits per heavy atom. The molecule has 1 rings (SSSR count). The summed E-state index contributed by atoms with van der Waals surface area (Å²) >= 11 is 0. The molecule has 0 amide bonds. The van der Waals surface area contributed by atoms with Gasteiger partial charge in [0.15, 0.2) is 6.10 Å². The van der Waals surface area contributed by atoms with Gasteiger partial charge in [-0.05, 0) is 17.5 Å². The fraction of sp³-hybridized carbons (Fsp3) is 0.273. The molecule has 0 saturated carbocycles. The number of benzene rings is 1. The summed E-state index contributed by atoms with van der Waals surface area (Å²) in [6.07, 6.45) is -1.27. The number of hydrogen-bond acceptors (Lipinski definition) is 3. The smallest absolute Gasteiger partial charge is 0.337 e. The summed E-state index contributed by atoms with van der Waals surface area (Å²) in [7, 11) is 0. The fourth-order valence-electron chi connectivity index (χ4n) is 1.31. The van der Waals surface area contributed by atoms with E-state index in [1.165, 1.54) is 12.1 Å².